The number of fused-ring (bicyclic) bond motifs is 1. The second kappa shape index (κ2) is 6.80. The van der Waals surface area contributed by atoms with E-state index in [0.29, 0.717) is 12.6 Å². The zero-order valence-electron chi connectivity index (χ0n) is 13.8. The van der Waals surface area contributed by atoms with Crippen LogP contribution in [0.2, 0.25) is 0 Å². The number of ether oxygens (including phenoxy) is 1. The average Bonchev–Trinajstić information content (AvgIpc) is 2.84. The highest BCUT2D eigenvalue weighted by molar-refractivity contribution is 5.40. The molecular formula is C18H29NO2. The Balaban J connectivity index is 1.94. The molecule has 1 heterocycles. The van der Waals surface area contributed by atoms with Gasteiger partial charge in [0.1, 0.15) is 5.75 Å². The third-order valence-electron chi connectivity index (χ3n) is 3.97. The van der Waals surface area contributed by atoms with Crippen molar-refractivity contribution in [2.24, 2.45) is 5.41 Å². The summed E-state index contributed by atoms with van der Waals surface area (Å²) in [7, 11) is 0. The first-order valence-electron chi connectivity index (χ1n) is 8.06. The van der Waals surface area contributed by atoms with E-state index in [4.69, 9.17) is 4.74 Å². The molecule has 1 aromatic carbocycles. The molecule has 2 atom stereocenters. The molecule has 0 fully saturated rings. The molecule has 0 radical (unpaired) electrons. The Bertz CT molecular complexity index is 465. The van der Waals surface area contributed by atoms with E-state index in [1.54, 1.807) is 0 Å². The zero-order valence-corrected chi connectivity index (χ0v) is 13.8. The fraction of sp³-hybridized carbons (Fsp3) is 0.667. The molecule has 0 amide bonds. The van der Waals surface area contributed by atoms with Gasteiger partial charge >= 0.3 is 0 Å². The molecule has 0 spiro atoms. The SMILES string of the molecule is CCC(NCC(O)CC(C)(C)C)c1ccc2c(c1)CCO2. The summed E-state index contributed by atoms with van der Waals surface area (Å²) in [5.41, 5.74) is 2.76. The molecule has 2 rings (SSSR count). The summed E-state index contributed by atoms with van der Waals surface area (Å²) in [6.07, 6.45) is 2.54. The van der Waals surface area contributed by atoms with Crippen LogP contribution in [0.15, 0.2) is 18.2 Å². The third kappa shape index (κ3) is 4.72. The van der Waals surface area contributed by atoms with Gasteiger partial charge in [0.05, 0.1) is 12.7 Å². The number of aliphatic hydroxyl groups excluding tert-OH is 1. The maximum atomic E-state index is 10.1. The van der Waals surface area contributed by atoms with Crippen molar-refractivity contribution in [3.8, 4) is 5.75 Å². The molecule has 1 aliphatic heterocycles. The maximum absolute atomic E-state index is 10.1. The summed E-state index contributed by atoms with van der Waals surface area (Å²) >= 11 is 0. The first-order chi connectivity index (χ1) is 9.89. The molecule has 0 saturated carbocycles. The molecule has 0 saturated heterocycles. The molecule has 0 bridgehead atoms. The van der Waals surface area contributed by atoms with E-state index in [0.717, 1.165) is 31.6 Å². The summed E-state index contributed by atoms with van der Waals surface area (Å²) < 4.78 is 5.56. The Labute approximate surface area is 128 Å². The Morgan fingerprint density at radius 1 is 1.33 bits per heavy atom. The highest BCUT2D eigenvalue weighted by atomic mass is 16.5. The standard InChI is InChI=1S/C18H29NO2/c1-5-16(19-12-15(20)11-18(2,3)4)13-6-7-17-14(10-13)8-9-21-17/h6-7,10,15-16,19-20H,5,8-9,11-12H2,1-4H3. The number of rotatable bonds is 6. The molecule has 2 unspecified atom stereocenters. The van der Waals surface area contributed by atoms with E-state index >= 15 is 0 Å². The van der Waals surface area contributed by atoms with Gasteiger partial charge in [-0.1, -0.05) is 39.8 Å². The number of nitrogens with one attached hydrogen (secondary N) is 1. The van der Waals surface area contributed by atoms with Gasteiger partial charge in [0, 0.05) is 19.0 Å². The minimum absolute atomic E-state index is 0.160. The molecule has 21 heavy (non-hydrogen) atoms. The van der Waals surface area contributed by atoms with E-state index in [-0.39, 0.29) is 11.5 Å². The molecule has 3 nitrogen and oxygen atoms in total. The van der Waals surface area contributed by atoms with Gasteiger partial charge < -0.3 is 15.2 Å². The van der Waals surface area contributed by atoms with E-state index in [9.17, 15) is 5.11 Å². The summed E-state index contributed by atoms with van der Waals surface area (Å²) in [4.78, 5) is 0. The second-order valence-corrected chi connectivity index (χ2v) is 7.25. The predicted molar refractivity (Wildman–Crippen MR) is 86.8 cm³/mol. The van der Waals surface area contributed by atoms with Crippen molar-refractivity contribution >= 4 is 0 Å². The lowest BCUT2D eigenvalue weighted by atomic mass is 9.89. The summed E-state index contributed by atoms with van der Waals surface area (Å²) in [5.74, 6) is 1.03. The highest BCUT2D eigenvalue weighted by Gasteiger charge is 2.19. The lowest BCUT2D eigenvalue weighted by molar-refractivity contribution is 0.116. The Kier molecular flexibility index (Phi) is 5.28. The summed E-state index contributed by atoms with van der Waals surface area (Å²) in [5, 5.41) is 13.7. The van der Waals surface area contributed by atoms with Gasteiger partial charge in [-0.05, 0) is 35.4 Å². The van der Waals surface area contributed by atoms with Crippen LogP contribution in [0.3, 0.4) is 0 Å². The van der Waals surface area contributed by atoms with Gasteiger partial charge in [-0.15, -0.1) is 0 Å². The molecule has 3 heteroatoms. The average molecular weight is 291 g/mol. The van der Waals surface area contributed by atoms with Crippen molar-refractivity contribution in [3.63, 3.8) is 0 Å². The van der Waals surface area contributed by atoms with Crippen molar-refractivity contribution in [3.05, 3.63) is 29.3 Å². The number of aliphatic hydroxyl groups is 1. The van der Waals surface area contributed by atoms with E-state index in [2.05, 4.69) is 51.2 Å². The summed E-state index contributed by atoms with van der Waals surface area (Å²) in [6.45, 7) is 10.1. The van der Waals surface area contributed by atoms with Crippen LogP contribution in [0.5, 0.6) is 5.75 Å². The van der Waals surface area contributed by atoms with Crippen LogP contribution in [0, 0.1) is 5.41 Å². The van der Waals surface area contributed by atoms with Crippen LogP contribution in [-0.4, -0.2) is 24.4 Å². The topological polar surface area (TPSA) is 41.5 Å². The Hall–Kier alpha value is -1.06. The van der Waals surface area contributed by atoms with E-state index < -0.39 is 0 Å². The highest BCUT2D eigenvalue weighted by Crippen LogP contribution is 2.29. The van der Waals surface area contributed by atoms with Crippen LogP contribution in [0.25, 0.3) is 0 Å². The van der Waals surface area contributed by atoms with Crippen molar-refractivity contribution in [1.82, 2.24) is 5.32 Å². The fourth-order valence-corrected chi connectivity index (χ4v) is 2.98. The van der Waals surface area contributed by atoms with Crippen molar-refractivity contribution in [2.45, 2.75) is 59.1 Å². The van der Waals surface area contributed by atoms with E-state index in [1.165, 1.54) is 11.1 Å². The normalized spacial score (nSPS) is 17.2. The first kappa shape index (κ1) is 16.3. The summed E-state index contributed by atoms with van der Waals surface area (Å²) in [6, 6.07) is 6.76. The number of hydrogen-bond donors (Lipinski definition) is 2. The number of benzene rings is 1. The van der Waals surface area contributed by atoms with E-state index in [1.807, 2.05) is 0 Å². The van der Waals surface area contributed by atoms with Crippen LogP contribution >= 0.6 is 0 Å². The minimum Gasteiger partial charge on any atom is -0.493 e. The quantitative estimate of drug-likeness (QED) is 0.843. The fourth-order valence-electron chi connectivity index (χ4n) is 2.98. The number of hydrogen-bond acceptors (Lipinski definition) is 3. The molecule has 1 aliphatic rings. The zero-order chi connectivity index (χ0) is 15.5. The lowest BCUT2D eigenvalue weighted by Crippen LogP contribution is -2.32. The van der Waals surface area contributed by atoms with Gasteiger partial charge in [0.25, 0.3) is 0 Å². The van der Waals surface area contributed by atoms with Gasteiger partial charge in [0.15, 0.2) is 0 Å². The molecule has 0 aliphatic carbocycles. The second-order valence-electron chi connectivity index (χ2n) is 7.25. The van der Waals surface area contributed by atoms with Crippen LogP contribution in [-0.2, 0) is 6.42 Å². The predicted octanol–water partition coefficient (Wildman–Crippen LogP) is 3.46. The van der Waals surface area contributed by atoms with Crippen molar-refractivity contribution in [2.75, 3.05) is 13.2 Å². The molecular weight excluding hydrogens is 262 g/mol. The maximum Gasteiger partial charge on any atom is 0.122 e. The Morgan fingerprint density at radius 2 is 2.10 bits per heavy atom. The Morgan fingerprint density at radius 3 is 2.76 bits per heavy atom. The van der Waals surface area contributed by atoms with Gasteiger partial charge in [-0.3, -0.25) is 0 Å². The molecule has 118 valence electrons. The molecule has 1 aromatic rings. The van der Waals surface area contributed by atoms with Crippen LogP contribution in [0.4, 0.5) is 0 Å². The van der Waals surface area contributed by atoms with Crippen molar-refractivity contribution < 1.29 is 9.84 Å². The lowest BCUT2D eigenvalue weighted by Gasteiger charge is -2.25. The first-order valence-corrected chi connectivity index (χ1v) is 8.06. The molecule has 2 N–H and O–H groups in total. The van der Waals surface area contributed by atoms with Gasteiger partial charge in [-0.25, -0.2) is 0 Å². The van der Waals surface area contributed by atoms with Crippen molar-refractivity contribution in [1.29, 1.82) is 0 Å². The molecule has 0 aromatic heterocycles. The minimum atomic E-state index is -0.295. The van der Waals surface area contributed by atoms with Crippen LogP contribution in [0.1, 0.15) is 57.7 Å². The van der Waals surface area contributed by atoms with Gasteiger partial charge in [0.2, 0.25) is 0 Å². The monoisotopic (exact) mass is 291 g/mol. The van der Waals surface area contributed by atoms with Gasteiger partial charge in [-0.2, -0.15) is 0 Å². The largest absolute Gasteiger partial charge is 0.493 e. The van der Waals surface area contributed by atoms with Crippen LogP contribution < -0.4 is 10.1 Å². The third-order valence-corrected chi connectivity index (χ3v) is 3.97. The smallest absolute Gasteiger partial charge is 0.122 e.